The van der Waals surface area contributed by atoms with Gasteiger partial charge in [-0.1, -0.05) is 48.0 Å². The number of halogens is 1. The van der Waals surface area contributed by atoms with E-state index in [0.717, 1.165) is 31.0 Å². The van der Waals surface area contributed by atoms with Crippen LogP contribution in [0.3, 0.4) is 0 Å². The second kappa shape index (κ2) is 10.8. The maximum absolute atomic E-state index is 5.82. The summed E-state index contributed by atoms with van der Waals surface area (Å²) in [6.07, 6.45) is 2.68. The molecule has 0 fully saturated rings. The summed E-state index contributed by atoms with van der Waals surface area (Å²) in [5, 5.41) is 7.22. The van der Waals surface area contributed by atoms with E-state index < -0.39 is 0 Å². The molecule has 2 aromatic rings. The summed E-state index contributed by atoms with van der Waals surface area (Å²) >= 11 is 5.82. The summed E-state index contributed by atoms with van der Waals surface area (Å²) in [6, 6.07) is 14.5. The monoisotopic (exact) mass is 373 g/mol. The molecule has 0 aliphatic rings. The molecule has 1 heterocycles. The number of benzene rings is 1. The third-order valence-corrected chi connectivity index (χ3v) is 4.29. The average molecular weight is 374 g/mol. The van der Waals surface area contributed by atoms with Crippen LogP contribution in [0.25, 0.3) is 0 Å². The lowest BCUT2D eigenvalue weighted by Crippen LogP contribution is -2.39. The molecule has 0 spiro atoms. The van der Waals surface area contributed by atoms with Gasteiger partial charge in [-0.05, 0) is 44.6 Å². The van der Waals surface area contributed by atoms with Crippen LogP contribution in [0.5, 0.6) is 0 Å². The van der Waals surface area contributed by atoms with E-state index >= 15 is 0 Å². The van der Waals surface area contributed by atoms with Crippen molar-refractivity contribution in [2.24, 2.45) is 4.99 Å². The van der Waals surface area contributed by atoms with Crippen molar-refractivity contribution in [3.63, 3.8) is 0 Å². The second-order valence-corrected chi connectivity index (χ2v) is 6.66. The fourth-order valence-corrected chi connectivity index (χ4v) is 2.75. The van der Waals surface area contributed by atoms with Crippen LogP contribution < -0.4 is 10.6 Å². The van der Waals surface area contributed by atoms with E-state index in [1.54, 1.807) is 0 Å². The van der Waals surface area contributed by atoms with Crippen LogP contribution in [0, 0.1) is 0 Å². The maximum Gasteiger partial charge on any atom is 0.191 e. The van der Waals surface area contributed by atoms with Crippen LogP contribution in [0.2, 0.25) is 5.15 Å². The highest BCUT2D eigenvalue weighted by molar-refractivity contribution is 6.29. The Morgan fingerprint density at radius 2 is 1.92 bits per heavy atom. The summed E-state index contributed by atoms with van der Waals surface area (Å²) < 4.78 is 0. The van der Waals surface area contributed by atoms with E-state index in [1.165, 1.54) is 5.56 Å². The van der Waals surface area contributed by atoms with Gasteiger partial charge in [-0.15, -0.1) is 0 Å². The molecule has 1 aromatic heterocycles. The molecule has 0 aliphatic carbocycles. The second-order valence-electron chi connectivity index (χ2n) is 6.28. The normalized spacial score (nSPS) is 12.9. The molecule has 2 N–H and O–H groups in total. The van der Waals surface area contributed by atoms with Crippen LogP contribution in [-0.4, -0.2) is 49.6 Å². The van der Waals surface area contributed by atoms with E-state index in [2.05, 4.69) is 65.8 Å². The minimum absolute atomic E-state index is 0.243. The molecular formula is C20H28ClN5. The molecule has 0 saturated heterocycles. The van der Waals surface area contributed by atoms with E-state index in [0.29, 0.717) is 11.7 Å². The van der Waals surface area contributed by atoms with Gasteiger partial charge in [0.05, 0.1) is 12.6 Å². The zero-order valence-electron chi connectivity index (χ0n) is 15.7. The van der Waals surface area contributed by atoms with E-state index in [-0.39, 0.29) is 6.04 Å². The molecule has 0 amide bonds. The van der Waals surface area contributed by atoms with Crippen LogP contribution in [-0.2, 0) is 6.42 Å². The highest BCUT2D eigenvalue weighted by atomic mass is 35.5. The Morgan fingerprint density at radius 3 is 2.54 bits per heavy atom. The predicted molar refractivity (Wildman–Crippen MR) is 110 cm³/mol. The minimum atomic E-state index is 0.243. The Bertz CT molecular complexity index is 670. The van der Waals surface area contributed by atoms with Gasteiger partial charge in [0.25, 0.3) is 0 Å². The number of aromatic nitrogens is 1. The van der Waals surface area contributed by atoms with Gasteiger partial charge in [-0.2, -0.15) is 0 Å². The zero-order valence-corrected chi connectivity index (χ0v) is 16.5. The van der Waals surface area contributed by atoms with E-state index in [4.69, 9.17) is 16.6 Å². The number of guanidine groups is 1. The fourth-order valence-electron chi connectivity index (χ4n) is 2.64. The molecular weight excluding hydrogens is 346 g/mol. The Morgan fingerprint density at radius 1 is 1.15 bits per heavy atom. The Labute approximate surface area is 161 Å². The summed E-state index contributed by atoms with van der Waals surface area (Å²) in [6.45, 7) is 4.37. The first-order valence-corrected chi connectivity index (χ1v) is 9.32. The van der Waals surface area contributed by atoms with Crippen molar-refractivity contribution in [2.75, 3.05) is 33.7 Å². The van der Waals surface area contributed by atoms with Crippen molar-refractivity contribution in [3.05, 3.63) is 64.9 Å². The lowest BCUT2D eigenvalue weighted by molar-refractivity contribution is 0.306. The number of aliphatic imine (C=N–C) groups is 1. The van der Waals surface area contributed by atoms with Gasteiger partial charge in [0.2, 0.25) is 0 Å². The Hall–Kier alpha value is -2.11. The SMILES string of the molecule is CCNC(=NCC(c1ccccc1)N(C)C)NCCc1ccc(Cl)nc1. The Balaban J connectivity index is 1.94. The number of pyridine rings is 1. The Kier molecular flexibility index (Phi) is 8.38. The average Bonchev–Trinajstić information content (AvgIpc) is 2.64. The summed E-state index contributed by atoms with van der Waals surface area (Å²) in [5.74, 6) is 0.831. The molecule has 0 aliphatic heterocycles. The number of hydrogen-bond donors (Lipinski definition) is 2. The molecule has 1 unspecified atom stereocenters. The van der Waals surface area contributed by atoms with E-state index in [9.17, 15) is 0 Å². The predicted octanol–water partition coefficient (Wildman–Crippen LogP) is 3.14. The highest BCUT2D eigenvalue weighted by Crippen LogP contribution is 2.17. The lowest BCUT2D eigenvalue weighted by Gasteiger charge is -2.23. The molecule has 5 nitrogen and oxygen atoms in total. The number of nitrogens with one attached hydrogen (secondary N) is 2. The van der Waals surface area contributed by atoms with Gasteiger partial charge in [0.1, 0.15) is 5.15 Å². The fraction of sp³-hybridized carbons (Fsp3) is 0.400. The molecule has 26 heavy (non-hydrogen) atoms. The molecule has 6 heteroatoms. The molecule has 1 atom stereocenters. The molecule has 0 saturated carbocycles. The van der Waals surface area contributed by atoms with Crippen LogP contribution in [0.1, 0.15) is 24.1 Å². The van der Waals surface area contributed by atoms with Crippen molar-refractivity contribution < 1.29 is 0 Å². The first-order chi connectivity index (χ1) is 12.6. The van der Waals surface area contributed by atoms with Crippen LogP contribution >= 0.6 is 11.6 Å². The van der Waals surface area contributed by atoms with Gasteiger partial charge in [-0.3, -0.25) is 4.99 Å². The summed E-state index contributed by atoms with van der Waals surface area (Å²) in [5.41, 5.74) is 2.41. The van der Waals surface area contributed by atoms with Crippen LogP contribution in [0.15, 0.2) is 53.7 Å². The molecule has 0 bridgehead atoms. The van der Waals surface area contributed by atoms with Gasteiger partial charge >= 0.3 is 0 Å². The van der Waals surface area contributed by atoms with Gasteiger partial charge in [0, 0.05) is 19.3 Å². The zero-order chi connectivity index (χ0) is 18.8. The topological polar surface area (TPSA) is 52.6 Å². The number of likely N-dealkylation sites (N-methyl/N-ethyl adjacent to an activating group) is 1. The van der Waals surface area contributed by atoms with Crippen molar-refractivity contribution in [1.29, 1.82) is 0 Å². The first-order valence-electron chi connectivity index (χ1n) is 8.94. The standard InChI is InChI=1S/C20H28ClN5/c1-4-22-20(23-13-12-16-10-11-19(21)24-14-16)25-15-18(26(2)3)17-8-6-5-7-9-17/h5-11,14,18H,4,12-13,15H2,1-3H3,(H2,22,23,25). The largest absolute Gasteiger partial charge is 0.357 e. The van der Waals surface area contributed by atoms with Gasteiger partial charge in [0.15, 0.2) is 5.96 Å². The van der Waals surface area contributed by atoms with Crippen LogP contribution in [0.4, 0.5) is 0 Å². The highest BCUT2D eigenvalue weighted by Gasteiger charge is 2.13. The van der Waals surface area contributed by atoms with Gasteiger partial charge < -0.3 is 15.5 Å². The van der Waals surface area contributed by atoms with Crippen molar-refractivity contribution in [2.45, 2.75) is 19.4 Å². The third kappa shape index (κ3) is 6.65. The summed E-state index contributed by atoms with van der Waals surface area (Å²) in [4.78, 5) is 11.1. The van der Waals surface area contributed by atoms with Crippen molar-refractivity contribution in [3.8, 4) is 0 Å². The molecule has 0 radical (unpaired) electrons. The first kappa shape index (κ1) is 20.2. The molecule has 1 aromatic carbocycles. The third-order valence-electron chi connectivity index (χ3n) is 4.07. The van der Waals surface area contributed by atoms with Crippen molar-refractivity contribution >= 4 is 17.6 Å². The summed E-state index contributed by atoms with van der Waals surface area (Å²) in [7, 11) is 4.17. The van der Waals surface area contributed by atoms with Crippen molar-refractivity contribution in [1.82, 2.24) is 20.5 Å². The van der Waals surface area contributed by atoms with E-state index in [1.807, 2.05) is 24.4 Å². The molecule has 2 rings (SSSR count). The van der Waals surface area contributed by atoms with Gasteiger partial charge in [-0.25, -0.2) is 4.98 Å². The quantitative estimate of drug-likeness (QED) is 0.424. The number of rotatable bonds is 8. The minimum Gasteiger partial charge on any atom is -0.357 e. The lowest BCUT2D eigenvalue weighted by atomic mass is 10.1. The smallest absolute Gasteiger partial charge is 0.191 e. The number of hydrogen-bond acceptors (Lipinski definition) is 3. The molecule has 140 valence electrons. The number of nitrogens with zero attached hydrogens (tertiary/aromatic N) is 3. The maximum atomic E-state index is 5.82.